The summed E-state index contributed by atoms with van der Waals surface area (Å²) in [6, 6.07) is 5.31. The van der Waals surface area contributed by atoms with Crippen LogP contribution in [0, 0.1) is 0 Å². The Morgan fingerprint density at radius 3 is 2.05 bits per heavy atom. The first-order chi connectivity index (χ1) is 18.7. The quantitative estimate of drug-likeness (QED) is 0.190. The minimum Gasteiger partial charge on any atom is -0.490 e. The number of amides is 1. The fraction of sp³-hybridized carbons (Fsp3) is 0.781. The first-order valence-corrected chi connectivity index (χ1v) is 15.8. The van der Waals surface area contributed by atoms with Crippen molar-refractivity contribution in [3.8, 4) is 11.5 Å². The van der Waals surface area contributed by atoms with E-state index in [1.807, 2.05) is 18.2 Å². The smallest absolute Gasteiger partial charge is 0.220 e. The van der Waals surface area contributed by atoms with Crippen LogP contribution in [0.5, 0.6) is 11.5 Å². The van der Waals surface area contributed by atoms with Crippen LogP contribution in [0.25, 0.3) is 0 Å². The minimum atomic E-state index is -0.789. The van der Waals surface area contributed by atoms with E-state index in [-0.39, 0.29) is 11.9 Å². The highest BCUT2D eigenvalue weighted by atomic mass is 16.5. The molecule has 2 aliphatic heterocycles. The van der Waals surface area contributed by atoms with Gasteiger partial charge in [0.25, 0.3) is 0 Å². The van der Waals surface area contributed by atoms with Crippen LogP contribution in [0.2, 0.25) is 0 Å². The zero-order chi connectivity index (χ0) is 26.8. The molecule has 2 atom stereocenters. The average molecular weight is 531 g/mol. The first kappa shape index (κ1) is 30.7. The van der Waals surface area contributed by atoms with Gasteiger partial charge in [0.15, 0.2) is 11.5 Å². The fourth-order valence-corrected chi connectivity index (χ4v) is 5.65. The monoisotopic (exact) mass is 530 g/mol. The molecule has 0 bridgehead atoms. The Morgan fingerprint density at radius 2 is 1.42 bits per heavy atom. The van der Waals surface area contributed by atoms with Gasteiger partial charge < -0.3 is 24.8 Å². The van der Waals surface area contributed by atoms with Crippen LogP contribution in [0.1, 0.15) is 128 Å². The van der Waals surface area contributed by atoms with E-state index in [0.29, 0.717) is 31.9 Å². The molecule has 0 radical (unpaired) electrons. The molecule has 6 heteroatoms. The molecule has 0 aliphatic carbocycles. The predicted octanol–water partition coefficient (Wildman–Crippen LogP) is 6.94. The lowest BCUT2D eigenvalue weighted by molar-refractivity contribution is -0.123. The molecule has 1 amide bonds. The minimum absolute atomic E-state index is 0.0469. The molecule has 1 aromatic carbocycles. The van der Waals surface area contributed by atoms with Gasteiger partial charge in [-0.3, -0.25) is 4.79 Å². The summed E-state index contributed by atoms with van der Waals surface area (Å²) in [5, 5.41) is 14.5. The van der Waals surface area contributed by atoms with Gasteiger partial charge in [-0.25, -0.2) is 0 Å². The number of aliphatic hydroxyl groups excluding tert-OH is 1. The molecule has 0 unspecified atom stereocenters. The molecule has 1 fully saturated rings. The van der Waals surface area contributed by atoms with E-state index in [0.717, 1.165) is 43.7 Å². The molecule has 0 spiro atoms. The summed E-state index contributed by atoms with van der Waals surface area (Å²) in [5.74, 6) is 1.45. The number of likely N-dealkylation sites (tertiary alicyclic amines) is 1. The van der Waals surface area contributed by atoms with Crippen molar-refractivity contribution in [3.63, 3.8) is 0 Å². The SMILES string of the molecule is CCCCCCCCCCCCCCCC(=O)N[C@H](CN1CCCC1)[C@@H](O)c1ccc2c(c1)OCCCO2. The molecule has 0 saturated carbocycles. The molecule has 1 aromatic rings. The molecular weight excluding hydrogens is 476 g/mol. The molecule has 2 aliphatic rings. The number of aliphatic hydroxyl groups is 1. The van der Waals surface area contributed by atoms with E-state index in [1.54, 1.807) is 0 Å². The van der Waals surface area contributed by atoms with Crippen molar-refractivity contribution < 1.29 is 19.4 Å². The Hall–Kier alpha value is -1.79. The number of fused-ring (bicyclic) bond motifs is 1. The maximum absolute atomic E-state index is 12.9. The van der Waals surface area contributed by atoms with Crippen molar-refractivity contribution in [1.82, 2.24) is 10.2 Å². The number of unbranched alkanes of at least 4 members (excludes halogenated alkanes) is 12. The highest BCUT2D eigenvalue weighted by molar-refractivity contribution is 5.76. The normalized spacial score (nSPS) is 17.2. The van der Waals surface area contributed by atoms with Gasteiger partial charge in [-0.2, -0.15) is 0 Å². The van der Waals surface area contributed by atoms with E-state index >= 15 is 0 Å². The Bertz CT molecular complexity index is 781. The van der Waals surface area contributed by atoms with E-state index in [1.165, 1.54) is 83.5 Å². The third-order valence-electron chi connectivity index (χ3n) is 8.00. The number of hydrogen-bond acceptors (Lipinski definition) is 5. The van der Waals surface area contributed by atoms with Crippen LogP contribution >= 0.6 is 0 Å². The van der Waals surface area contributed by atoms with Crippen molar-refractivity contribution in [3.05, 3.63) is 23.8 Å². The van der Waals surface area contributed by atoms with Crippen LogP contribution in [0.3, 0.4) is 0 Å². The molecule has 1 saturated heterocycles. The highest BCUT2D eigenvalue weighted by Gasteiger charge is 2.27. The second-order valence-corrected chi connectivity index (χ2v) is 11.4. The Balaban J connectivity index is 1.36. The zero-order valence-corrected chi connectivity index (χ0v) is 24.1. The van der Waals surface area contributed by atoms with Gasteiger partial charge >= 0.3 is 0 Å². The summed E-state index contributed by atoms with van der Waals surface area (Å²) in [4.78, 5) is 15.2. The molecule has 6 nitrogen and oxygen atoms in total. The summed E-state index contributed by atoms with van der Waals surface area (Å²) in [6.45, 7) is 6.24. The summed E-state index contributed by atoms with van der Waals surface area (Å²) < 4.78 is 11.6. The second kappa shape index (κ2) is 18.5. The molecule has 2 heterocycles. The van der Waals surface area contributed by atoms with Crippen molar-refractivity contribution in [2.75, 3.05) is 32.8 Å². The number of nitrogens with one attached hydrogen (secondary N) is 1. The number of carbonyl (C=O) groups is 1. The third-order valence-corrected chi connectivity index (χ3v) is 8.00. The Kier molecular flexibility index (Phi) is 15.0. The van der Waals surface area contributed by atoms with Crippen molar-refractivity contribution >= 4 is 5.91 Å². The summed E-state index contributed by atoms with van der Waals surface area (Å²) in [6.07, 6.45) is 19.8. The van der Waals surface area contributed by atoms with Crippen LogP contribution in [0.15, 0.2) is 18.2 Å². The summed E-state index contributed by atoms with van der Waals surface area (Å²) in [5.41, 5.74) is 0.764. The molecular formula is C32H54N2O4. The summed E-state index contributed by atoms with van der Waals surface area (Å²) in [7, 11) is 0. The number of benzene rings is 1. The number of carbonyl (C=O) groups excluding carboxylic acids is 1. The number of rotatable bonds is 19. The Morgan fingerprint density at radius 1 is 0.842 bits per heavy atom. The number of hydrogen-bond donors (Lipinski definition) is 2. The number of ether oxygens (including phenoxy) is 2. The van der Waals surface area contributed by atoms with Gasteiger partial charge in [0.2, 0.25) is 5.91 Å². The second-order valence-electron chi connectivity index (χ2n) is 11.4. The molecule has 0 aromatic heterocycles. The number of nitrogens with zero attached hydrogens (tertiary/aromatic N) is 1. The van der Waals surface area contributed by atoms with Gasteiger partial charge in [0.05, 0.1) is 19.3 Å². The van der Waals surface area contributed by atoms with Gasteiger partial charge in [-0.05, 0) is 50.0 Å². The van der Waals surface area contributed by atoms with Gasteiger partial charge in [-0.15, -0.1) is 0 Å². The molecule has 38 heavy (non-hydrogen) atoms. The average Bonchev–Trinajstić information content (AvgIpc) is 3.32. The predicted molar refractivity (Wildman–Crippen MR) is 155 cm³/mol. The van der Waals surface area contributed by atoms with Gasteiger partial charge in [0.1, 0.15) is 6.10 Å². The van der Waals surface area contributed by atoms with E-state index in [9.17, 15) is 9.90 Å². The van der Waals surface area contributed by atoms with Crippen molar-refractivity contribution in [1.29, 1.82) is 0 Å². The van der Waals surface area contributed by atoms with Crippen molar-refractivity contribution in [2.24, 2.45) is 0 Å². The molecule has 3 rings (SSSR count). The topological polar surface area (TPSA) is 71.0 Å². The standard InChI is InChI=1S/C32H54N2O4/c1-2-3-4-5-6-7-8-9-10-11-12-13-14-18-31(35)33-28(26-34-21-15-16-22-34)32(36)27-19-20-29-30(25-27)38-24-17-23-37-29/h19-20,25,28,32,36H,2-18,21-24,26H2,1H3,(H,33,35)/t28-,32+/m1/s1. The lowest BCUT2D eigenvalue weighted by Gasteiger charge is -2.29. The highest BCUT2D eigenvalue weighted by Crippen LogP contribution is 2.33. The maximum Gasteiger partial charge on any atom is 0.220 e. The lowest BCUT2D eigenvalue weighted by atomic mass is 10.0. The van der Waals surface area contributed by atoms with Crippen LogP contribution in [0.4, 0.5) is 0 Å². The summed E-state index contributed by atoms with van der Waals surface area (Å²) >= 11 is 0. The zero-order valence-electron chi connectivity index (χ0n) is 24.1. The van der Waals surface area contributed by atoms with Crippen molar-refractivity contribution in [2.45, 2.75) is 128 Å². The fourth-order valence-electron chi connectivity index (χ4n) is 5.65. The van der Waals surface area contributed by atoms with Crippen LogP contribution in [-0.4, -0.2) is 54.8 Å². The molecule has 2 N–H and O–H groups in total. The maximum atomic E-state index is 12.9. The first-order valence-electron chi connectivity index (χ1n) is 15.8. The molecule has 216 valence electrons. The lowest BCUT2D eigenvalue weighted by Crippen LogP contribution is -2.46. The van der Waals surface area contributed by atoms with Gasteiger partial charge in [-0.1, -0.05) is 90.0 Å². The van der Waals surface area contributed by atoms with E-state index in [4.69, 9.17) is 9.47 Å². The third kappa shape index (κ3) is 11.5. The van der Waals surface area contributed by atoms with E-state index in [2.05, 4.69) is 17.1 Å². The van der Waals surface area contributed by atoms with Crippen LogP contribution in [-0.2, 0) is 4.79 Å². The van der Waals surface area contributed by atoms with E-state index < -0.39 is 6.10 Å². The van der Waals surface area contributed by atoms with Gasteiger partial charge in [0, 0.05) is 19.4 Å². The van der Waals surface area contributed by atoms with Crippen LogP contribution < -0.4 is 14.8 Å². The largest absolute Gasteiger partial charge is 0.490 e. The Labute approximate surface area is 231 Å².